The van der Waals surface area contributed by atoms with Crippen molar-refractivity contribution >= 4 is 39.5 Å². The number of rotatable bonds is 8. The number of urea groups is 1. The van der Waals surface area contributed by atoms with Gasteiger partial charge in [0.15, 0.2) is 0 Å². The number of hydrogen-bond acceptors (Lipinski definition) is 6. The van der Waals surface area contributed by atoms with Crippen LogP contribution in [0.1, 0.15) is 47.4 Å². The van der Waals surface area contributed by atoms with Crippen LogP contribution in [0.25, 0.3) is 0 Å². The lowest BCUT2D eigenvalue weighted by atomic mass is 10.1. The van der Waals surface area contributed by atoms with Crippen LogP contribution in [-0.4, -0.2) is 49.7 Å². The Balaban J connectivity index is 1.64. The number of unbranched alkanes of at least 4 members (excludes halogenated alkanes) is 1. The number of carbonyl (C=O) groups is 4. The maximum Gasteiger partial charge on any atom is 0.328 e. The molecule has 1 atom stereocenters. The van der Waals surface area contributed by atoms with E-state index in [1.807, 2.05) is 11.6 Å². The second-order valence-corrected chi connectivity index (χ2v) is 9.11. The van der Waals surface area contributed by atoms with Gasteiger partial charge in [0.2, 0.25) is 5.91 Å². The van der Waals surface area contributed by atoms with E-state index in [0.717, 1.165) is 17.7 Å². The Hall–Kier alpha value is -3.73. The van der Waals surface area contributed by atoms with Gasteiger partial charge in [-0.1, -0.05) is 25.5 Å². The van der Waals surface area contributed by atoms with Crippen LogP contribution in [0.4, 0.5) is 10.5 Å². The lowest BCUT2D eigenvalue weighted by molar-refractivity contribution is -0.119. The van der Waals surface area contributed by atoms with Gasteiger partial charge < -0.3 is 10.6 Å². The first-order chi connectivity index (χ1) is 15.7. The first-order valence-electron chi connectivity index (χ1n) is 10.3. The van der Waals surface area contributed by atoms with Crippen LogP contribution in [0.15, 0.2) is 53.4 Å². The molecule has 3 N–H and O–H groups in total. The molecule has 0 saturated heterocycles. The van der Waals surface area contributed by atoms with Crippen molar-refractivity contribution in [3.05, 3.63) is 59.7 Å². The molecule has 0 fully saturated rings. The Kier molecular flexibility index (Phi) is 7.12. The summed E-state index contributed by atoms with van der Waals surface area (Å²) >= 11 is 0. The summed E-state index contributed by atoms with van der Waals surface area (Å²) in [6.45, 7) is 3.72. The highest BCUT2D eigenvalue weighted by Crippen LogP contribution is 2.25. The van der Waals surface area contributed by atoms with Crippen molar-refractivity contribution in [3.8, 4) is 0 Å². The van der Waals surface area contributed by atoms with Crippen molar-refractivity contribution in [1.29, 1.82) is 0 Å². The van der Waals surface area contributed by atoms with E-state index in [4.69, 9.17) is 0 Å². The zero-order chi connectivity index (χ0) is 24.2. The summed E-state index contributed by atoms with van der Waals surface area (Å²) in [7, 11) is -4.09. The molecule has 0 radical (unpaired) electrons. The average Bonchev–Trinajstić information content (AvgIpc) is 3.04. The van der Waals surface area contributed by atoms with Gasteiger partial charge in [-0.05, 0) is 49.7 Å². The lowest BCUT2D eigenvalue weighted by Gasteiger charge is -2.21. The Bertz CT molecular complexity index is 1160. The summed E-state index contributed by atoms with van der Waals surface area (Å²) in [5, 5.41) is 5.01. The summed E-state index contributed by atoms with van der Waals surface area (Å²) in [5.74, 6) is -1.72. The third-order valence-electron chi connectivity index (χ3n) is 5.07. The highest BCUT2D eigenvalue weighted by Gasteiger charge is 2.40. The number of nitrogens with one attached hydrogen (secondary N) is 3. The van der Waals surface area contributed by atoms with E-state index in [2.05, 4.69) is 10.6 Å². The molecule has 0 unspecified atom stereocenters. The van der Waals surface area contributed by atoms with E-state index >= 15 is 0 Å². The van der Waals surface area contributed by atoms with Crippen molar-refractivity contribution < 1.29 is 27.6 Å². The summed E-state index contributed by atoms with van der Waals surface area (Å²) < 4.78 is 26.6. The standard InChI is InChI=1S/C22H24N4O6S/c1-3-4-13-23-22(30)25-33(31,32)16-11-9-15(10-12-16)24-19(27)14(2)26-20(28)17-7-5-6-8-18(17)21(26)29/h5-12,14H,3-4,13H2,1-2H3,(H,24,27)(H2,23,25,30)/t14-/m0/s1. The van der Waals surface area contributed by atoms with Crippen molar-refractivity contribution in [1.82, 2.24) is 14.9 Å². The number of sulfonamides is 1. The van der Waals surface area contributed by atoms with Crippen LogP contribution in [-0.2, 0) is 14.8 Å². The van der Waals surface area contributed by atoms with Crippen LogP contribution < -0.4 is 15.4 Å². The van der Waals surface area contributed by atoms with Crippen molar-refractivity contribution in [2.45, 2.75) is 37.6 Å². The summed E-state index contributed by atoms with van der Waals surface area (Å²) in [5.41, 5.74) is 0.737. The van der Waals surface area contributed by atoms with Crippen molar-refractivity contribution in [2.24, 2.45) is 0 Å². The summed E-state index contributed by atoms with van der Waals surface area (Å²) in [4.78, 5) is 50.2. The van der Waals surface area contributed by atoms with E-state index < -0.39 is 39.8 Å². The van der Waals surface area contributed by atoms with Gasteiger partial charge in [0.1, 0.15) is 6.04 Å². The maximum absolute atomic E-state index is 12.7. The molecule has 10 nitrogen and oxygen atoms in total. The van der Waals surface area contributed by atoms with Crippen molar-refractivity contribution in [3.63, 3.8) is 0 Å². The number of amides is 5. The zero-order valence-corrected chi connectivity index (χ0v) is 18.9. The normalized spacial score (nSPS) is 13.9. The molecule has 5 amide bonds. The lowest BCUT2D eigenvalue weighted by Crippen LogP contribution is -2.45. The van der Waals surface area contributed by atoms with Crippen LogP contribution in [0.2, 0.25) is 0 Å². The molecule has 11 heteroatoms. The molecule has 1 aliphatic heterocycles. The number of nitrogens with zero attached hydrogens (tertiary/aromatic N) is 1. The maximum atomic E-state index is 12.7. The van der Waals surface area contributed by atoms with E-state index in [0.29, 0.717) is 6.54 Å². The SMILES string of the molecule is CCCCNC(=O)NS(=O)(=O)c1ccc(NC(=O)[C@H](C)N2C(=O)c3ccccc3C2=O)cc1. The summed E-state index contributed by atoms with van der Waals surface area (Å²) in [6, 6.07) is 9.55. The topological polar surface area (TPSA) is 142 Å². The fourth-order valence-corrected chi connectivity index (χ4v) is 4.17. The van der Waals surface area contributed by atoms with Gasteiger partial charge >= 0.3 is 6.03 Å². The van der Waals surface area contributed by atoms with Crippen molar-refractivity contribution in [2.75, 3.05) is 11.9 Å². The number of hydrogen-bond donors (Lipinski definition) is 3. The Morgan fingerprint density at radius 2 is 1.55 bits per heavy atom. The predicted octanol–water partition coefficient (Wildman–Crippen LogP) is 2.10. The number of benzene rings is 2. The smallest absolute Gasteiger partial charge is 0.328 e. The molecular formula is C22H24N4O6S. The molecule has 1 heterocycles. The average molecular weight is 473 g/mol. The van der Waals surface area contributed by atoms with E-state index in [1.165, 1.54) is 43.3 Å². The van der Waals surface area contributed by atoms with Gasteiger partial charge in [0, 0.05) is 12.2 Å². The van der Waals surface area contributed by atoms with Gasteiger partial charge in [-0.15, -0.1) is 0 Å². The predicted molar refractivity (Wildman–Crippen MR) is 120 cm³/mol. The molecule has 0 saturated carbocycles. The van der Waals surface area contributed by atoms with Gasteiger partial charge in [0.25, 0.3) is 21.8 Å². The quantitative estimate of drug-likeness (QED) is 0.397. The first-order valence-corrected chi connectivity index (χ1v) is 11.8. The zero-order valence-electron chi connectivity index (χ0n) is 18.1. The van der Waals surface area contributed by atoms with Crippen LogP contribution >= 0.6 is 0 Å². The third-order valence-corrected chi connectivity index (χ3v) is 6.41. The Morgan fingerprint density at radius 1 is 0.970 bits per heavy atom. The molecule has 0 aromatic heterocycles. The third kappa shape index (κ3) is 5.20. The molecule has 0 aliphatic carbocycles. The van der Waals surface area contributed by atoms with Gasteiger partial charge in [-0.3, -0.25) is 19.3 Å². The Labute approximate surface area is 191 Å². The van der Waals surface area contributed by atoms with Crippen LogP contribution in [0, 0.1) is 0 Å². The van der Waals surface area contributed by atoms with Crippen LogP contribution in [0.3, 0.4) is 0 Å². The number of carbonyl (C=O) groups excluding carboxylic acids is 4. The minimum Gasteiger partial charge on any atom is -0.337 e. The van der Waals surface area contributed by atoms with Gasteiger partial charge in [-0.2, -0.15) is 0 Å². The molecule has 174 valence electrons. The number of fused-ring (bicyclic) bond motifs is 1. The number of imide groups is 1. The first kappa shape index (κ1) is 23.9. The molecule has 33 heavy (non-hydrogen) atoms. The minimum absolute atomic E-state index is 0.167. The highest BCUT2D eigenvalue weighted by molar-refractivity contribution is 7.90. The molecule has 3 rings (SSSR count). The molecule has 2 aromatic carbocycles. The fourth-order valence-electron chi connectivity index (χ4n) is 3.24. The number of anilines is 1. The molecule has 0 spiro atoms. The van der Waals surface area contributed by atoms with Gasteiger partial charge in [-0.25, -0.2) is 17.9 Å². The second kappa shape index (κ2) is 9.82. The van der Waals surface area contributed by atoms with Gasteiger partial charge in [0.05, 0.1) is 16.0 Å². The Morgan fingerprint density at radius 3 is 2.09 bits per heavy atom. The monoisotopic (exact) mass is 472 g/mol. The van der Waals surface area contributed by atoms with Crippen LogP contribution in [0.5, 0.6) is 0 Å². The fraction of sp³-hybridized carbons (Fsp3) is 0.273. The second-order valence-electron chi connectivity index (χ2n) is 7.43. The largest absolute Gasteiger partial charge is 0.337 e. The molecule has 1 aliphatic rings. The van der Waals surface area contributed by atoms with E-state index in [1.54, 1.807) is 12.1 Å². The minimum atomic E-state index is -4.09. The summed E-state index contributed by atoms with van der Waals surface area (Å²) in [6.07, 6.45) is 1.58. The molecule has 0 bridgehead atoms. The highest BCUT2D eigenvalue weighted by atomic mass is 32.2. The molecular weight excluding hydrogens is 448 g/mol. The van der Waals surface area contributed by atoms with E-state index in [-0.39, 0.29) is 21.7 Å². The van der Waals surface area contributed by atoms with E-state index in [9.17, 15) is 27.6 Å². The molecule has 2 aromatic rings.